The molecule has 57 heavy (non-hydrogen) atoms. The van der Waals surface area contributed by atoms with Crippen molar-refractivity contribution >= 4 is 32.6 Å². The highest BCUT2D eigenvalue weighted by molar-refractivity contribution is 7.22. The molecule has 0 spiro atoms. The van der Waals surface area contributed by atoms with Crippen molar-refractivity contribution in [3.05, 3.63) is 139 Å². The second-order valence-electron chi connectivity index (χ2n) is 14.2. The molecular weight excluding hydrogens is 731 g/mol. The monoisotopic (exact) mass is 767 g/mol. The van der Waals surface area contributed by atoms with Gasteiger partial charge in [0.15, 0.2) is 5.13 Å². The van der Waals surface area contributed by atoms with Gasteiger partial charge in [0.2, 0.25) is 5.95 Å². The Hall–Kier alpha value is -6.79. The van der Waals surface area contributed by atoms with Gasteiger partial charge in [-0.05, 0) is 42.5 Å². The molecule has 0 N–H and O–H groups in total. The molecule has 0 radical (unpaired) electrons. The van der Waals surface area contributed by atoms with Gasteiger partial charge in [-0.2, -0.15) is 0 Å². The van der Waals surface area contributed by atoms with E-state index in [9.17, 15) is 0 Å². The minimum atomic E-state index is 0.159. The maximum Gasteiger partial charge on any atom is 0.226 e. The standard InChI is InChI=1S/C45H37N9O2S/c1-55-33-12-8-11-29(21-33)40-42(48-19-17-46-40)31-24-53(25-31)44-50-36(28-9-4-3-5-10-28)23-37(51-44)34-16-15-30(22-38(34)56-2)41-43(49-20-18-47-41)32-26-54(27-32)45-52-35-13-6-7-14-39(35)57-45/h3-23,31-32H,24-27H2,1-2H3. The van der Waals surface area contributed by atoms with Crippen molar-refractivity contribution in [1.82, 2.24) is 34.9 Å². The summed E-state index contributed by atoms with van der Waals surface area (Å²) in [7, 11) is 3.37. The van der Waals surface area contributed by atoms with Crippen LogP contribution in [0.1, 0.15) is 23.2 Å². The number of hydrogen-bond donors (Lipinski definition) is 0. The zero-order valence-corrected chi connectivity index (χ0v) is 32.2. The number of thiazole rings is 1. The summed E-state index contributed by atoms with van der Waals surface area (Å²) in [6.45, 7) is 3.08. The third-order valence-electron chi connectivity index (χ3n) is 10.7. The van der Waals surface area contributed by atoms with Gasteiger partial charge in [0.05, 0.1) is 58.6 Å². The molecule has 12 heteroatoms. The van der Waals surface area contributed by atoms with Crippen LogP contribution < -0.4 is 19.3 Å². The van der Waals surface area contributed by atoms with Crippen LogP contribution >= 0.6 is 11.3 Å². The topological polar surface area (TPSA) is 115 Å². The lowest BCUT2D eigenvalue weighted by molar-refractivity contribution is 0.415. The highest BCUT2D eigenvalue weighted by Gasteiger charge is 2.35. The molecule has 2 saturated heterocycles. The highest BCUT2D eigenvalue weighted by atomic mass is 32.1. The van der Waals surface area contributed by atoms with Crippen LogP contribution in [-0.2, 0) is 0 Å². The summed E-state index contributed by atoms with van der Waals surface area (Å²) in [5.41, 5.74) is 10.1. The number of anilines is 2. The van der Waals surface area contributed by atoms with Gasteiger partial charge in [-0.1, -0.05) is 72.0 Å². The normalized spacial score (nSPS) is 14.4. The van der Waals surface area contributed by atoms with Gasteiger partial charge in [0.25, 0.3) is 0 Å². The van der Waals surface area contributed by atoms with E-state index in [-0.39, 0.29) is 11.8 Å². The van der Waals surface area contributed by atoms with Crippen LogP contribution in [-0.4, -0.2) is 75.3 Å². The zero-order chi connectivity index (χ0) is 38.3. The number of benzene rings is 4. The SMILES string of the molecule is COc1cccc(-c2nccnc2C2CN(c3nc(-c4ccccc4)cc(-c4ccc(-c5nccnc5C5CN(c6nc7ccccc7s6)C5)cc4OC)n3)C2)c1. The van der Waals surface area contributed by atoms with E-state index in [1.807, 2.05) is 60.7 Å². The molecule has 2 fully saturated rings. The number of para-hydroxylation sites is 1. The highest BCUT2D eigenvalue weighted by Crippen LogP contribution is 2.41. The predicted octanol–water partition coefficient (Wildman–Crippen LogP) is 8.56. The van der Waals surface area contributed by atoms with Crippen molar-refractivity contribution in [1.29, 1.82) is 0 Å². The maximum absolute atomic E-state index is 6.08. The van der Waals surface area contributed by atoms with Crippen molar-refractivity contribution in [3.8, 4) is 56.5 Å². The van der Waals surface area contributed by atoms with E-state index >= 15 is 0 Å². The Morgan fingerprint density at radius 1 is 0.561 bits per heavy atom. The van der Waals surface area contributed by atoms with Crippen LogP contribution in [0.4, 0.5) is 11.1 Å². The third-order valence-corrected chi connectivity index (χ3v) is 11.8. The number of nitrogens with zero attached hydrogens (tertiary/aromatic N) is 9. The van der Waals surface area contributed by atoms with E-state index < -0.39 is 0 Å². The van der Waals surface area contributed by atoms with Gasteiger partial charge in [-0.15, -0.1) is 0 Å². The van der Waals surface area contributed by atoms with Gasteiger partial charge < -0.3 is 19.3 Å². The van der Waals surface area contributed by atoms with Crippen molar-refractivity contribution in [2.24, 2.45) is 0 Å². The van der Waals surface area contributed by atoms with Crippen molar-refractivity contribution < 1.29 is 9.47 Å². The van der Waals surface area contributed by atoms with Crippen LogP contribution in [0.3, 0.4) is 0 Å². The Kier molecular flexibility index (Phi) is 8.94. The lowest BCUT2D eigenvalue weighted by atomic mass is 9.92. The number of ether oxygens (including phenoxy) is 2. The van der Waals surface area contributed by atoms with E-state index in [1.54, 1.807) is 50.3 Å². The largest absolute Gasteiger partial charge is 0.497 e. The van der Waals surface area contributed by atoms with E-state index in [0.717, 1.165) is 85.9 Å². The number of rotatable bonds is 10. The lowest BCUT2D eigenvalue weighted by Crippen LogP contribution is -2.46. The number of fused-ring (bicyclic) bond motifs is 1. The van der Waals surface area contributed by atoms with Gasteiger partial charge in [0.1, 0.15) is 11.5 Å². The fraction of sp³-hybridized carbons (Fsp3) is 0.178. The first-order valence-electron chi connectivity index (χ1n) is 18.9. The number of aromatic nitrogens is 7. The Balaban J connectivity index is 0.940. The predicted molar refractivity (Wildman–Crippen MR) is 224 cm³/mol. The second kappa shape index (κ2) is 14.7. The average Bonchev–Trinajstić information content (AvgIpc) is 3.67. The van der Waals surface area contributed by atoms with Crippen LogP contribution in [0.25, 0.3) is 55.2 Å². The van der Waals surface area contributed by atoms with E-state index in [0.29, 0.717) is 24.8 Å². The molecule has 10 rings (SSSR count). The number of methoxy groups -OCH3 is 2. The van der Waals surface area contributed by atoms with Gasteiger partial charge in [0, 0.05) is 85.1 Å². The molecule has 8 aromatic rings. The molecular formula is C45H37N9O2S. The van der Waals surface area contributed by atoms with E-state index in [2.05, 4.69) is 52.3 Å². The molecule has 0 atom stereocenters. The van der Waals surface area contributed by atoms with Crippen LogP contribution in [0.5, 0.6) is 11.5 Å². The average molecular weight is 768 g/mol. The molecule has 0 unspecified atom stereocenters. The molecule has 0 amide bonds. The molecule has 4 aromatic heterocycles. The van der Waals surface area contributed by atoms with Crippen LogP contribution in [0.2, 0.25) is 0 Å². The Bertz CT molecular complexity index is 2700. The Morgan fingerprint density at radius 3 is 1.93 bits per heavy atom. The van der Waals surface area contributed by atoms with E-state index in [4.69, 9.17) is 44.4 Å². The Labute approximate surface area is 333 Å². The molecule has 0 aliphatic carbocycles. The number of hydrogen-bond acceptors (Lipinski definition) is 12. The third kappa shape index (κ3) is 6.57. The second-order valence-corrected chi connectivity index (χ2v) is 15.2. The zero-order valence-electron chi connectivity index (χ0n) is 31.4. The minimum absolute atomic E-state index is 0.159. The molecule has 0 saturated carbocycles. The van der Waals surface area contributed by atoms with Crippen LogP contribution in [0.15, 0.2) is 128 Å². The summed E-state index contributed by atoms with van der Waals surface area (Å²) in [5.74, 6) is 2.52. The molecule has 4 aromatic carbocycles. The summed E-state index contributed by atoms with van der Waals surface area (Å²) < 4.78 is 12.8. The fourth-order valence-electron chi connectivity index (χ4n) is 7.65. The first-order valence-corrected chi connectivity index (χ1v) is 19.7. The van der Waals surface area contributed by atoms with Crippen molar-refractivity contribution in [2.45, 2.75) is 11.8 Å². The first-order chi connectivity index (χ1) is 28.1. The molecule has 0 bridgehead atoms. The molecule has 6 heterocycles. The minimum Gasteiger partial charge on any atom is -0.497 e. The van der Waals surface area contributed by atoms with Gasteiger partial charge >= 0.3 is 0 Å². The van der Waals surface area contributed by atoms with Gasteiger partial charge in [-0.25, -0.2) is 15.0 Å². The molecule has 2 aliphatic rings. The van der Waals surface area contributed by atoms with E-state index in [1.165, 1.54) is 4.70 Å². The molecule has 2 aliphatic heterocycles. The first kappa shape index (κ1) is 34.7. The lowest BCUT2D eigenvalue weighted by Gasteiger charge is -2.39. The van der Waals surface area contributed by atoms with Gasteiger partial charge in [-0.3, -0.25) is 19.9 Å². The summed E-state index contributed by atoms with van der Waals surface area (Å²) in [6, 6.07) is 34.7. The molecule has 280 valence electrons. The smallest absolute Gasteiger partial charge is 0.226 e. The quantitative estimate of drug-likeness (QED) is 0.133. The van der Waals surface area contributed by atoms with Crippen LogP contribution in [0, 0.1) is 0 Å². The van der Waals surface area contributed by atoms with Crippen molar-refractivity contribution in [2.75, 3.05) is 50.2 Å². The Morgan fingerprint density at radius 2 is 1.21 bits per heavy atom. The maximum atomic E-state index is 6.08. The summed E-state index contributed by atoms with van der Waals surface area (Å²) in [4.78, 5) is 38.8. The molecule has 11 nitrogen and oxygen atoms in total. The summed E-state index contributed by atoms with van der Waals surface area (Å²) in [5, 5.41) is 1.04. The summed E-state index contributed by atoms with van der Waals surface area (Å²) >= 11 is 1.73. The fourth-order valence-corrected chi connectivity index (χ4v) is 8.63. The van der Waals surface area contributed by atoms with Crippen molar-refractivity contribution in [3.63, 3.8) is 0 Å². The summed E-state index contributed by atoms with van der Waals surface area (Å²) in [6.07, 6.45) is 7.04.